The Hall–Kier alpha value is -3.99. The molecule has 1 heterocycles. The van der Waals surface area contributed by atoms with Crippen LogP contribution in [-0.4, -0.2) is 15.3 Å². The third kappa shape index (κ3) is 4.36. The Labute approximate surface area is 173 Å². The fraction of sp³-hybridized carbons (Fsp3) is 0.0800. The molecule has 5 nitrogen and oxygen atoms in total. The molecule has 0 aliphatic heterocycles. The van der Waals surface area contributed by atoms with Crippen molar-refractivity contribution < 1.29 is 19.7 Å². The van der Waals surface area contributed by atoms with Crippen molar-refractivity contribution in [2.24, 2.45) is 0 Å². The van der Waals surface area contributed by atoms with Gasteiger partial charge in [-0.25, -0.2) is 0 Å². The average Bonchev–Trinajstić information content (AvgIpc) is 2.64. The van der Waals surface area contributed by atoms with E-state index in [0.29, 0.717) is 16.7 Å². The van der Waals surface area contributed by atoms with Crippen molar-refractivity contribution in [1.82, 2.24) is 0 Å². The van der Waals surface area contributed by atoms with Crippen LogP contribution >= 0.6 is 0 Å². The quantitative estimate of drug-likeness (QED) is 0.472. The van der Waals surface area contributed by atoms with Gasteiger partial charge >= 0.3 is 0 Å². The van der Waals surface area contributed by atoms with Gasteiger partial charge < -0.3 is 19.7 Å². The van der Waals surface area contributed by atoms with Crippen LogP contribution in [0, 0.1) is 0 Å². The van der Waals surface area contributed by atoms with Crippen LogP contribution in [0.15, 0.2) is 76.0 Å². The van der Waals surface area contributed by atoms with E-state index in [0.717, 1.165) is 17.2 Å². The minimum Gasteiger partial charge on any atom is -0.508 e. The zero-order valence-electron chi connectivity index (χ0n) is 16.8. The van der Waals surface area contributed by atoms with Crippen LogP contribution in [0.5, 0.6) is 17.2 Å². The Morgan fingerprint density at radius 1 is 0.900 bits per heavy atom. The lowest BCUT2D eigenvalue weighted by Crippen LogP contribution is -2.01. The summed E-state index contributed by atoms with van der Waals surface area (Å²) in [5, 5.41) is 30.4. The molecule has 1 aromatic heterocycles. The highest BCUT2D eigenvalue weighted by molar-refractivity contribution is 5.86. The smallest absolute Gasteiger partial charge is 0.197 e. The summed E-state index contributed by atoms with van der Waals surface area (Å²) in [7, 11) is 0. The summed E-state index contributed by atoms with van der Waals surface area (Å²) in [6.45, 7) is 11.3. The van der Waals surface area contributed by atoms with Crippen LogP contribution in [-0.2, 0) is 0 Å². The maximum atomic E-state index is 12.6. The van der Waals surface area contributed by atoms with E-state index in [-0.39, 0.29) is 34.0 Å². The summed E-state index contributed by atoms with van der Waals surface area (Å²) in [5.74, 6) is -0.285. The zero-order valence-corrected chi connectivity index (χ0v) is 16.8. The van der Waals surface area contributed by atoms with Gasteiger partial charge in [0.2, 0.25) is 0 Å². The van der Waals surface area contributed by atoms with Gasteiger partial charge in [-0.3, -0.25) is 4.79 Å². The van der Waals surface area contributed by atoms with Gasteiger partial charge in [0, 0.05) is 34.9 Å². The van der Waals surface area contributed by atoms with Gasteiger partial charge in [-0.1, -0.05) is 48.6 Å². The van der Waals surface area contributed by atoms with Gasteiger partial charge in [-0.2, -0.15) is 0 Å². The van der Waals surface area contributed by atoms with Gasteiger partial charge in [0.05, 0.1) is 0 Å². The van der Waals surface area contributed by atoms with Crippen LogP contribution in [0.2, 0.25) is 0 Å². The topological polar surface area (TPSA) is 90.9 Å². The molecule has 0 saturated heterocycles. The maximum absolute atomic E-state index is 12.6. The molecule has 2 aromatic carbocycles. The second-order valence-electron chi connectivity index (χ2n) is 7.18. The lowest BCUT2D eigenvalue weighted by Gasteiger charge is -2.10. The van der Waals surface area contributed by atoms with Crippen molar-refractivity contribution in [3.8, 4) is 28.6 Å². The lowest BCUT2D eigenvalue weighted by molar-refractivity contribution is 0.452. The predicted octanol–water partition coefficient (Wildman–Crippen LogP) is 5.76. The van der Waals surface area contributed by atoms with Crippen molar-refractivity contribution in [3.63, 3.8) is 0 Å². The minimum atomic E-state index is -0.449. The molecule has 0 amide bonds. The Kier molecular flexibility index (Phi) is 5.65. The van der Waals surface area contributed by atoms with Crippen LogP contribution in [0.1, 0.15) is 25.0 Å². The van der Waals surface area contributed by atoms with E-state index in [4.69, 9.17) is 4.42 Å². The van der Waals surface area contributed by atoms with Gasteiger partial charge in [0.1, 0.15) is 34.0 Å². The molecule has 152 valence electrons. The maximum Gasteiger partial charge on any atom is 0.197 e. The third-order valence-electron chi connectivity index (χ3n) is 4.34. The molecule has 30 heavy (non-hydrogen) atoms. The lowest BCUT2D eigenvalue weighted by atomic mass is 10.00. The van der Waals surface area contributed by atoms with Crippen molar-refractivity contribution in [2.75, 3.05) is 0 Å². The first-order valence-corrected chi connectivity index (χ1v) is 9.20. The monoisotopic (exact) mass is 402 g/mol. The number of benzene rings is 2. The molecule has 0 atom stereocenters. The molecule has 3 rings (SSSR count). The van der Waals surface area contributed by atoms with E-state index in [1.807, 2.05) is 13.8 Å². The van der Waals surface area contributed by atoms with Gasteiger partial charge in [-0.05, 0) is 26.0 Å². The molecule has 3 aromatic rings. The number of phenols is 3. The van der Waals surface area contributed by atoms with E-state index in [1.165, 1.54) is 12.1 Å². The summed E-state index contributed by atoms with van der Waals surface area (Å²) < 4.78 is 5.81. The summed E-state index contributed by atoms with van der Waals surface area (Å²) in [6.07, 6.45) is 6.96. The largest absolute Gasteiger partial charge is 0.508 e. The van der Waals surface area contributed by atoms with E-state index in [1.54, 1.807) is 36.4 Å². The zero-order chi connectivity index (χ0) is 22.0. The molecular weight excluding hydrogens is 380 g/mol. The normalized spacial score (nSPS) is 11.5. The second kappa shape index (κ2) is 8.17. The molecular formula is C25H22O5. The van der Waals surface area contributed by atoms with E-state index in [2.05, 4.69) is 13.2 Å². The first kappa shape index (κ1) is 20.7. The van der Waals surface area contributed by atoms with Crippen LogP contribution in [0.4, 0.5) is 0 Å². The molecule has 0 saturated carbocycles. The van der Waals surface area contributed by atoms with Gasteiger partial charge in [-0.15, -0.1) is 0 Å². The number of rotatable bonds is 5. The first-order valence-electron chi connectivity index (χ1n) is 9.20. The SMILES string of the molecule is C=C(C)C=Cc1cc(-c2cc(=O)c3c(O)cc(O)cc3o2)cc(C=CC(=C)C)c1O. The average molecular weight is 402 g/mol. The van der Waals surface area contributed by atoms with Crippen molar-refractivity contribution >= 4 is 23.1 Å². The van der Waals surface area contributed by atoms with Crippen molar-refractivity contribution in [3.05, 3.63) is 88.1 Å². The molecule has 5 heteroatoms. The Bertz CT molecular complexity index is 1240. The number of aromatic hydroxyl groups is 3. The molecule has 3 N–H and O–H groups in total. The highest BCUT2D eigenvalue weighted by atomic mass is 16.3. The Morgan fingerprint density at radius 3 is 2.00 bits per heavy atom. The minimum absolute atomic E-state index is 0.0138. The number of hydrogen-bond acceptors (Lipinski definition) is 5. The predicted molar refractivity (Wildman–Crippen MR) is 121 cm³/mol. The highest BCUT2D eigenvalue weighted by Gasteiger charge is 2.14. The number of fused-ring (bicyclic) bond motifs is 1. The number of hydrogen-bond donors (Lipinski definition) is 3. The summed E-state index contributed by atoms with van der Waals surface area (Å²) in [5.41, 5.74) is 2.79. The van der Waals surface area contributed by atoms with Crippen LogP contribution in [0.25, 0.3) is 34.4 Å². The summed E-state index contributed by atoms with van der Waals surface area (Å²) in [6, 6.07) is 6.98. The van der Waals surface area contributed by atoms with Crippen molar-refractivity contribution in [2.45, 2.75) is 13.8 Å². The van der Waals surface area contributed by atoms with Gasteiger partial charge in [0.15, 0.2) is 5.43 Å². The second-order valence-corrected chi connectivity index (χ2v) is 7.18. The molecule has 0 fully saturated rings. The Balaban J connectivity index is 2.28. The standard InChI is InChI=1S/C25H22O5/c1-14(2)5-7-16-9-18(10-17(25(16)29)8-6-15(3)4)22-13-21(28)24-20(27)11-19(26)12-23(24)30-22/h5-13,26-27,29H,1,3H2,2,4H3. The summed E-state index contributed by atoms with van der Waals surface area (Å²) in [4.78, 5) is 12.6. The van der Waals surface area contributed by atoms with Crippen LogP contribution < -0.4 is 5.43 Å². The molecule has 0 bridgehead atoms. The highest BCUT2D eigenvalue weighted by Crippen LogP contribution is 2.35. The molecule has 0 unspecified atom stereocenters. The van der Waals surface area contributed by atoms with E-state index >= 15 is 0 Å². The number of phenolic OH excluding ortho intramolecular Hbond substituents is 3. The van der Waals surface area contributed by atoms with Crippen molar-refractivity contribution in [1.29, 1.82) is 0 Å². The van der Waals surface area contributed by atoms with Gasteiger partial charge in [0.25, 0.3) is 0 Å². The molecule has 0 spiro atoms. The fourth-order valence-electron chi connectivity index (χ4n) is 2.94. The molecule has 0 aliphatic rings. The van der Waals surface area contributed by atoms with E-state index < -0.39 is 5.43 Å². The van der Waals surface area contributed by atoms with Crippen LogP contribution in [0.3, 0.4) is 0 Å². The Morgan fingerprint density at radius 2 is 1.47 bits per heavy atom. The third-order valence-corrected chi connectivity index (χ3v) is 4.34. The fourth-order valence-corrected chi connectivity index (χ4v) is 2.94. The molecule has 0 aliphatic carbocycles. The molecule has 0 radical (unpaired) electrons. The first-order chi connectivity index (χ1) is 14.2. The summed E-state index contributed by atoms with van der Waals surface area (Å²) >= 11 is 0. The van der Waals surface area contributed by atoms with E-state index in [9.17, 15) is 20.1 Å². The number of allylic oxidation sites excluding steroid dienone is 4.